The molecule has 1 aliphatic rings. The van der Waals surface area contributed by atoms with Crippen LogP contribution in [0.4, 0.5) is 0 Å². The fourth-order valence-corrected chi connectivity index (χ4v) is 3.12. The minimum Gasteiger partial charge on any atom is -0.299 e. The van der Waals surface area contributed by atoms with Gasteiger partial charge in [0.15, 0.2) is 5.78 Å². The summed E-state index contributed by atoms with van der Waals surface area (Å²) in [6, 6.07) is 18.5. The number of halogens is 1. The van der Waals surface area contributed by atoms with E-state index in [9.17, 15) is 4.79 Å². The average Bonchev–Trinajstić information content (AvgIpc) is 2.62. The van der Waals surface area contributed by atoms with Gasteiger partial charge < -0.3 is 0 Å². The van der Waals surface area contributed by atoms with Crippen molar-refractivity contribution in [2.75, 3.05) is 19.6 Å². The largest absolute Gasteiger partial charge is 0.299 e. The third-order valence-electron chi connectivity index (χ3n) is 4.69. The highest BCUT2D eigenvalue weighted by atomic mass is 35.5. The van der Waals surface area contributed by atoms with Gasteiger partial charge in [-0.05, 0) is 25.3 Å². The lowest BCUT2D eigenvalue weighted by atomic mass is 9.99. The molecule has 0 radical (unpaired) electrons. The molecule has 0 unspecified atom stereocenters. The third kappa shape index (κ3) is 5.84. The number of carbonyl (C=O) groups excluding carboxylic acids is 1. The van der Waals surface area contributed by atoms with Crippen LogP contribution in [0.25, 0.3) is 0 Å². The van der Waals surface area contributed by atoms with Gasteiger partial charge in [-0.15, -0.1) is 12.4 Å². The van der Waals surface area contributed by atoms with Crippen LogP contribution >= 0.6 is 12.4 Å². The molecule has 2 aromatic carbocycles. The van der Waals surface area contributed by atoms with Crippen molar-refractivity contribution < 1.29 is 4.79 Å². The first kappa shape index (κ1) is 19.4. The van der Waals surface area contributed by atoms with Crippen LogP contribution in [0, 0.1) is 6.92 Å². The number of ketones is 1. The maximum absolute atomic E-state index is 12.3. The van der Waals surface area contributed by atoms with E-state index in [4.69, 9.17) is 0 Å². The molecule has 0 aromatic heterocycles. The molecular weight excluding hydrogens is 330 g/mol. The topological polar surface area (TPSA) is 20.3 Å². The number of rotatable bonds is 6. The Morgan fingerprint density at radius 3 is 2.40 bits per heavy atom. The Morgan fingerprint density at radius 1 is 1.04 bits per heavy atom. The van der Waals surface area contributed by atoms with Gasteiger partial charge in [-0.1, -0.05) is 71.8 Å². The Bertz CT molecular complexity index is 707. The van der Waals surface area contributed by atoms with Gasteiger partial charge in [-0.2, -0.15) is 0 Å². The predicted octanol–water partition coefficient (Wildman–Crippen LogP) is 4.86. The highest BCUT2D eigenvalue weighted by Crippen LogP contribution is 2.17. The Hall–Kier alpha value is -1.90. The second-order valence-electron chi connectivity index (χ2n) is 6.61. The smallest absolute Gasteiger partial charge is 0.164 e. The summed E-state index contributed by atoms with van der Waals surface area (Å²) in [5.41, 5.74) is 4.92. The minimum atomic E-state index is 0. The number of benzene rings is 2. The first-order valence-corrected chi connectivity index (χ1v) is 8.75. The summed E-state index contributed by atoms with van der Waals surface area (Å²) in [6.07, 6.45) is 5.10. The van der Waals surface area contributed by atoms with Gasteiger partial charge in [0.05, 0.1) is 0 Å². The molecule has 3 heteroatoms. The summed E-state index contributed by atoms with van der Waals surface area (Å²) in [7, 11) is 0. The molecule has 2 nitrogen and oxygen atoms in total. The maximum atomic E-state index is 12.3. The lowest BCUT2D eigenvalue weighted by Gasteiger charge is -2.26. The highest BCUT2D eigenvalue weighted by molar-refractivity contribution is 5.96. The van der Waals surface area contributed by atoms with Crippen LogP contribution in [-0.4, -0.2) is 30.3 Å². The summed E-state index contributed by atoms with van der Waals surface area (Å²) < 4.78 is 0. The Kier molecular flexibility index (Phi) is 7.42. The molecule has 2 aromatic rings. The molecule has 0 saturated carbocycles. The molecule has 0 fully saturated rings. The van der Waals surface area contributed by atoms with Crippen molar-refractivity contribution in [1.82, 2.24) is 4.90 Å². The summed E-state index contributed by atoms with van der Waals surface area (Å²) in [4.78, 5) is 14.6. The summed E-state index contributed by atoms with van der Waals surface area (Å²) >= 11 is 0. The van der Waals surface area contributed by atoms with E-state index in [1.54, 1.807) is 0 Å². The molecule has 0 bridgehead atoms. The highest BCUT2D eigenvalue weighted by Gasteiger charge is 2.14. The quantitative estimate of drug-likeness (QED) is 0.544. The number of Topliss-reactive ketones (excluding diaryl/α,β-unsaturated/α-hetero) is 1. The van der Waals surface area contributed by atoms with Crippen LogP contribution in [0.3, 0.4) is 0 Å². The van der Waals surface area contributed by atoms with E-state index >= 15 is 0 Å². The number of nitrogens with zero attached hydrogens (tertiary/aromatic N) is 1. The van der Waals surface area contributed by atoms with Crippen LogP contribution in [0.2, 0.25) is 0 Å². The van der Waals surface area contributed by atoms with Crippen LogP contribution in [-0.2, 0) is 6.42 Å². The van der Waals surface area contributed by atoms with Gasteiger partial charge in [-0.3, -0.25) is 9.69 Å². The van der Waals surface area contributed by atoms with E-state index in [1.165, 1.54) is 16.7 Å². The van der Waals surface area contributed by atoms with Crippen molar-refractivity contribution in [1.29, 1.82) is 0 Å². The molecule has 0 N–H and O–H groups in total. The fourth-order valence-electron chi connectivity index (χ4n) is 3.12. The number of hydrogen-bond acceptors (Lipinski definition) is 2. The average molecular weight is 356 g/mol. The predicted molar refractivity (Wildman–Crippen MR) is 107 cm³/mol. The molecule has 0 amide bonds. The number of hydrogen-bond donors (Lipinski definition) is 0. The fraction of sp³-hybridized carbons (Fsp3) is 0.318. The molecular formula is C22H26ClNO. The van der Waals surface area contributed by atoms with Gasteiger partial charge in [0.2, 0.25) is 0 Å². The van der Waals surface area contributed by atoms with Crippen molar-refractivity contribution in [3.8, 4) is 0 Å². The summed E-state index contributed by atoms with van der Waals surface area (Å²) in [5.74, 6) is 0.245. The lowest BCUT2D eigenvalue weighted by molar-refractivity contribution is 0.0966. The first-order chi connectivity index (χ1) is 11.7. The molecule has 3 rings (SSSR count). The van der Waals surface area contributed by atoms with E-state index in [0.29, 0.717) is 6.42 Å². The standard InChI is InChI=1S/C22H25NO.ClH/c1-18-7-9-21(10-8-18)22(24)13-16-23-14-11-20(12-15-23)17-19-5-3-2-4-6-19;/h2-11H,12-17H2,1H3;1H. The third-order valence-corrected chi connectivity index (χ3v) is 4.69. The normalized spacial score (nSPS) is 14.5. The van der Waals surface area contributed by atoms with E-state index < -0.39 is 0 Å². The molecule has 25 heavy (non-hydrogen) atoms. The van der Waals surface area contributed by atoms with Crippen molar-refractivity contribution in [2.24, 2.45) is 0 Å². The van der Waals surface area contributed by atoms with Gasteiger partial charge in [0, 0.05) is 31.6 Å². The molecule has 1 heterocycles. The van der Waals surface area contributed by atoms with Crippen molar-refractivity contribution in [3.63, 3.8) is 0 Å². The molecule has 0 atom stereocenters. The van der Waals surface area contributed by atoms with Gasteiger partial charge in [0.25, 0.3) is 0 Å². The van der Waals surface area contributed by atoms with Gasteiger partial charge in [0.1, 0.15) is 0 Å². The van der Waals surface area contributed by atoms with Crippen LogP contribution in [0.1, 0.15) is 34.3 Å². The second kappa shape index (κ2) is 9.55. The first-order valence-electron chi connectivity index (χ1n) is 8.75. The maximum Gasteiger partial charge on any atom is 0.164 e. The zero-order chi connectivity index (χ0) is 16.8. The second-order valence-corrected chi connectivity index (χ2v) is 6.61. The summed E-state index contributed by atoms with van der Waals surface area (Å²) in [6.45, 7) is 4.91. The SMILES string of the molecule is Cc1ccc(C(=O)CCN2CC=C(Cc3ccccc3)CC2)cc1.Cl. The van der Waals surface area contributed by atoms with E-state index in [-0.39, 0.29) is 18.2 Å². The van der Waals surface area contributed by atoms with Crippen molar-refractivity contribution in [2.45, 2.75) is 26.2 Å². The van der Waals surface area contributed by atoms with Gasteiger partial charge >= 0.3 is 0 Å². The molecule has 0 saturated heterocycles. The Labute approximate surface area is 157 Å². The molecule has 1 aliphatic heterocycles. The van der Waals surface area contributed by atoms with E-state index in [1.807, 2.05) is 31.2 Å². The van der Waals surface area contributed by atoms with E-state index in [0.717, 1.165) is 38.0 Å². The Morgan fingerprint density at radius 2 is 1.76 bits per heavy atom. The zero-order valence-corrected chi connectivity index (χ0v) is 15.6. The van der Waals surface area contributed by atoms with Crippen molar-refractivity contribution in [3.05, 3.63) is 82.9 Å². The van der Waals surface area contributed by atoms with Gasteiger partial charge in [-0.25, -0.2) is 0 Å². The molecule has 0 aliphatic carbocycles. The molecule has 132 valence electrons. The van der Waals surface area contributed by atoms with E-state index in [2.05, 4.69) is 41.3 Å². The van der Waals surface area contributed by atoms with Crippen LogP contribution in [0.5, 0.6) is 0 Å². The van der Waals surface area contributed by atoms with Crippen molar-refractivity contribution >= 4 is 18.2 Å². The van der Waals surface area contributed by atoms with Crippen LogP contribution < -0.4 is 0 Å². The Balaban J connectivity index is 0.00000225. The van der Waals surface area contributed by atoms with Crippen LogP contribution in [0.15, 0.2) is 66.2 Å². The monoisotopic (exact) mass is 355 g/mol. The number of aryl methyl sites for hydroxylation is 1. The minimum absolute atomic E-state index is 0. The zero-order valence-electron chi connectivity index (χ0n) is 14.8. The summed E-state index contributed by atoms with van der Waals surface area (Å²) in [5, 5.41) is 0. The molecule has 0 spiro atoms. The number of carbonyl (C=O) groups is 1. The lowest BCUT2D eigenvalue weighted by Crippen LogP contribution is -2.31.